The molecule has 1 aromatic carbocycles. The van der Waals surface area contributed by atoms with Crippen molar-refractivity contribution in [2.45, 2.75) is 0 Å². The van der Waals surface area contributed by atoms with Crippen molar-refractivity contribution in [1.82, 2.24) is 9.97 Å². The Bertz CT molecular complexity index is 933. The van der Waals surface area contributed by atoms with Gasteiger partial charge in [0.15, 0.2) is 5.78 Å². The number of amides is 1. The van der Waals surface area contributed by atoms with Gasteiger partial charge in [-0.3, -0.25) is 9.59 Å². The van der Waals surface area contributed by atoms with Crippen LogP contribution in [0.25, 0.3) is 11.0 Å². The van der Waals surface area contributed by atoms with Crippen molar-refractivity contribution < 1.29 is 18.7 Å². The molecule has 0 bridgehead atoms. The topological polar surface area (TPSA) is 98.1 Å². The van der Waals surface area contributed by atoms with Crippen molar-refractivity contribution in [3.63, 3.8) is 0 Å². The molecular formula is C16H12FN3O3. The van der Waals surface area contributed by atoms with Gasteiger partial charge in [0.2, 0.25) is 0 Å². The number of aromatic amines is 1. The smallest absolute Gasteiger partial charge is 0.251 e. The summed E-state index contributed by atoms with van der Waals surface area (Å²) in [4.78, 5) is 30.8. The summed E-state index contributed by atoms with van der Waals surface area (Å²) in [5.74, 6) is -1.97. The number of nitrogens with zero attached hydrogens (tertiary/aromatic N) is 1. The SMILES string of the molecule is COc1cnc2[nH]cc(C(=O)c3cccc(C(N)=O)c3F)c2c1. The highest BCUT2D eigenvalue weighted by atomic mass is 19.1. The van der Waals surface area contributed by atoms with Gasteiger partial charge < -0.3 is 15.5 Å². The van der Waals surface area contributed by atoms with Crippen LogP contribution in [0.3, 0.4) is 0 Å². The van der Waals surface area contributed by atoms with Crippen molar-refractivity contribution in [3.8, 4) is 5.75 Å². The molecule has 0 aliphatic carbocycles. The maximum atomic E-state index is 14.3. The van der Waals surface area contributed by atoms with Crippen LogP contribution in [-0.2, 0) is 0 Å². The average Bonchev–Trinajstić information content (AvgIpc) is 2.97. The third-order valence-electron chi connectivity index (χ3n) is 3.50. The number of fused-ring (bicyclic) bond motifs is 1. The van der Waals surface area contributed by atoms with E-state index in [4.69, 9.17) is 10.5 Å². The van der Waals surface area contributed by atoms with Crippen LogP contribution in [0.2, 0.25) is 0 Å². The molecule has 2 heterocycles. The quantitative estimate of drug-likeness (QED) is 0.720. The third kappa shape index (κ3) is 2.42. The Hall–Kier alpha value is -3.22. The van der Waals surface area contributed by atoms with Gasteiger partial charge in [0, 0.05) is 17.1 Å². The predicted octanol–water partition coefficient (Wildman–Crippen LogP) is 2.04. The molecule has 0 fully saturated rings. The highest BCUT2D eigenvalue weighted by Gasteiger charge is 2.21. The number of carbonyl (C=O) groups excluding carboxylic acids is 2. The molecule has 116 valence electrons. The largest absolute Gasteiger partial charge is 0.495 e. The van der Waals surface area contributed by atoms with E-state index < -0.39 is 17.5 Å². The Labute approximate surface area is 130 Å². The Morgan fingerprint density at radius 1 is 1.26 bits per heavy atom. The number of methoxy groups -OCH3 is 1. The molecule has 0 radical (unpaired) electrons. The van der Waals surface area contributed by atoms with Crippen LogP contribution in [0.1, 0.15) is 26.3 Å². The van der Waals surface area contributed by atoms with E-state index in [0.29, 0.717) is 16.8 Å². The number of hydrogen-bond acceptors (Lipinski definition) is 4. The molecule has 23 heavy (non-hydrogen) atoms. The van der Waals surface area contributed by atoms with Gasteiger partial charge in [0.05, 0.1) is 24.4 Å². The minimum absolute atomic E-state index is 0.229. The zero-order valence-electron chi connectivity index (χ0n) is 12.1. The van der Waals surface area contributed by atoms with Crippen LogP contribution < -0.4 is 10.5 Å². The van der Waals surface area contributed by atoms with Crippen molar-refractivity contribution in [3.05, 3.63) is 59.2 Å². The molecule has 0 atom stereocenters. The van der Waals surface area contributed by atoms with Crippen LogP contribution >= 0.6 is 0 Å². The van der Waals surface area contributed by atoms with Crippen LogP contribution in [0, 0.1) is 5.82 Å². The number of carbonyl (C=O) groups is 2. The normalized spacial score (nSPS) is 10.7. The van der Waals surface area contributed by atoms with Gasteiger partial charge in [-0.2, -0.15) is 0 Å². The lowest BCUT2D eigenvalue weighted by Crippen LogP contribution is -2.16. The van der Waals surface area contributed by atoms with E-state index in [9.17, 15) is 14.0 Å². The number of rotatable bonds is 4. The summed E-state index contributed by atoms with van der Waals surface area (Å²) in [5.41, 5.74) is 5.25. The van der Waals surface area contributed by atoms with Gasteiger partial charge in [0.25, 0.3) is 5.91 Å². The first-order valence-corrected chi connectivity index (χ1v) is 6.67. The van der Waals surface area contributed by atoms with Gasteiger partial charge >= 0.3 is 0 Å². The fourth-order valence-corrected chi connectivity index (χ4v) is 2.33. The molecule has 3 aromatic rings. The average molecular weight is 313 g/mol. The third-order valence-corrected chi connectivity index (χ3v) is 3.50. The maximum Gasteiger partial charge on any atom is 0.251 e. The van der Waals surface area contributed by atoms with E-state index in [-0.39, 0.29) is 16.7 Å². The van der Waals surface area contributed by atoms with Crippen LogP contribution in [0.5, 0.6) is 5.75 Å². The lowest BCUT2D eigenvalue weighted by atomic mass is 10.0. The maximum absolute atomic E-state index is 14.3. The standard InChI is InChI=1S/C16H12FN3O3/c1-23-8-5-11-12(7-20-16(11)19-6-8)14(21)9-3-2-4-10(13(9)17)15(18)22/h2-7H,1H3,(H2,18,22)(H,19,20). The first kappa shape index (κ1) is 14.7. The molecule has 0 aliphatic rings. The van der Waals surface area contributed by atoms with E-state index in [2.05, 4.69) is 9.97 Å². The van der Waals surface area contributed by atoms with Gasteiger partial charge in [-0.05, 0) is 18.2 Å². The zero-order chi connectivity index (χ0) is 16.6. The Morgan fingerprint density at radius 3 is 2.70 bits per heavy atom. The Kier molecular flexibility index (Phi) is 3.53. The number of H-pyrrole nitrogens is 1. The van der Waals surface area contributed by atoms with Gasteiger partial charge in [0.1, 0.15) is 17.2 Å². The minimum atomic E-state index is -0.935. The summed E-state index contributed by atoms with van der Waals surface area (Å²) in [6.45, 7) is 0. The van der Waals surface area contributed by atoms with Crippen LogP contribution in [0.4, 0.5) is 4.39 Å². The van der Waals surface area contributed by atoms with Gasteiger partial charge in [-0.1, -0.05) is 6.07 Å². The molecule has 2 aromatic heterocycles. The van der Waals surface area contributed by atoms with Gasteiger partial charge in [-0.15, -0.1) is 0 Å². The number of ketones is 1. The number of pyridine rings is 1. The zero-order valence-corrected chi connectivity index (χ0v) is 12.1. The molecule has 3 rings (SSSR count). The van der Waals surface area contributed by atoms with Crippen molar-refractivity contribution in [2.24, 2.45) is 5.73 Å². The molecule has 0 unspecified atom stereocenters. The van der Waals surface area contributed by atoms with E-state index in [1.54, 1.807) is 6.07 Å². The fourth-order valence-electron chi connectivity index (χ4n) is 2.33. The highest BCUT2D eigenvalue weighted by molar-refractivity contribution is 6.16. The summed E-state index contributed by atoms with van der Waals surface area (Å²) in [6.07, 6.45) is 2.94. The number of aromatic nitrogens is 2. The van der Waals surface area contributed by atoms with E-state index >= 15 is 0 Å². The molecule has 7 heteroatoms. The molecule has 0 saturated carbocycles. The fraction of sp³-hybridized carbons (Fsp3) is 0.0625. The van der Waals surface area contributed by atoms with Crippen molar-refractivity contribution in [1.29, 1.82) is 0 Å². The molecule has 0 saturated heterocycles. The summed E-state index contributed by atoms with van der Waals surface area (Å²) in [7, 11) is 1.48. The number of ether oxygens (including phenoxy) is 1. The molecule has 0 spiro atoms. The lowest BCUT2D eigenvalue weighted by molar-refractivity contribution is 0.0996. The van der Waals surface area contributed by atoms with Crippen molar-refractivity contribution in [2.75, 3.05) is 7.11 Å². The summed E-state index contributed by atoms with van der Waals surface area (Å²) >= 11 is 0. The number of hydrogen-bond donors (Lipinski definition) is 2. The van der Waals surface area contributed by atoms with Gasteiger partial charge in [-0.25, -0.2) is 9.37 Å². The Balaban J connectivity index is 2.14. The number of benzene rings is 1. The number of nitrogens with one attached hydrogen (secondary N) is 1. The summed E-state index contributed by atoms with van der Waals surface area (Å²) in [6, 6.07) is 5.57. The minimum Gasteiger partial charge on any atom is -0.495 e. The molecule has 6 nitrogen and oxygen atoms in total. The van der Waals surface area contributed by atoms with Crippen molar-refractivity contribution >= 4 is 22.7 Å². The Morgan fingerprint density at radius 2 is 2.00 bits per heavy atom. The summed E-state index contributed by atoms with van der Waals surface area (Å²) < 4.78 is 19.4. The summed E-state index contributed by atoms with van der Waals surface area (Å²) in [5, 5.41) is 0.498. The van der Waals surface area contributed by atoms with E-state index in [0.717, 1.165) is 0 Å². The molecule has 0 aliphatic heterocycles. The first-order valence-electron chi connectivity index (χ1n) is 6.67. The molecule has 3 N–H and O–H groups in total. The highest BCUT2D eigenvalue weighted by Crippen LogP contribution is 2.25. The molecular weight excluding hydrogens is 301 g/mol. The van der Waals surface area contributed by atoms with E-state index in [1.165, 1.54) is 37.7 Å². The second kappa shape index (κ2) is 5.53. The van der Waals surface area contributed by atoms with Crippen LogP contribution in [0.15, 0.2) is 36.7 Å². The number of nitrogens with two attached hydrogens (primary N) is 1. The predicted molar refractivity (Wildman–Crippen MR) is 81.0 cm³/mol. The second-order valence-electron chi connectivity index (χ2n) is 4.83. The van der Waals surface area contributed by atoms with Crippen LogP contribution in [-0.4, -0.2) is 28.8 Å². The monoisotopic (exact) mass is 313 g/mol. The van der Waals surface area contributed by atoms with E-state index in [1.807, 2.05) is 0 Å². The molecule has 1 amide bonds. The first-order chi connectivity index (χ1) is 11.0. The number of halogens is 1. The second-order valence-corrected chi connectivity index (χ2v) is 4.83. The lowest BCUT2D eigenvalue weighted by Gasteiger charge is -2.05. The number of primary amides is 1.